The number of rotatable bonds is 18. The molecule has 0 bridgehead atoms. The monoisotopic (exact) mass is 423 g/mol. The van der Waals surface area contributed by atoms with Gasteiger partial charge in [0.2, 0.25) is 0 Å². The molecule has 0 aromatic heterocycles. The second kappa shape index (κ2) is 16.8. The van der Waals surface area contributed by atoms with Crippen molar-refractivity contribution in [2.24, 2.45) is 0 Å². The van der Waals surface area contributed by atoms with E-state index in [4.69, 9.17) is 0 Å². The largest absolute Gasteiger partial charge is 0.393 e. The predicted octanol–water partition coefficient (Wildman–Crippen LogP) is 8.81. The zero-order valence-corrected chi connectivity index (χ0v) is 19.8. The highest BCUT2D eigenvalue weighted by molar-refractivity contribution is 5.59. The quantitative estimate of drug-likeness (QED) is 0.235. The molecule has 0 saturated heterocycles. The molecule has 2 aromatic carbocycles. The first-order valence-corrected chi connectivity index (χ1v) is 12.9. The van der Waals surface area contributed by atoms with Gasteiger partial charge in [-0.1, -0.05) is 108 Å². The van der Waals surface area contributed by atoms with Gasteiger partial charge < -0.3 is 10.4 Å². The molecule has 0 aliphatic rings. The summed E-state index contributed by atoms with van der Waals surface area (Å²) in [5.41, 5.74) is 3.72. The minimum atomic E-state index is -0.0555. The van der Waals surface area contributed by atoms with E-state index in [9.17, 15) is 5.11 Å². The van der Waals surface area contributed by atoms with Crippen molar-refractivity contribution in [1.29, 1.82) is 0 Å². The topological polar surface area (TPSA) is 32.3 Å². The van der Waals surface area contributed by atoms with Crippen LogP contribution in [0.15, 0.2) is 54.6 Å². The van der Waals surface area contributed by atoms with Gasteiger partial charge in [-0.25, -0.2) is 0 Å². The van der Waals surface area contributed by atoms with Crippen molar-refractivity contribution in [2.75, 3.05) is 5.32 Å². The van der Waals surface area contributed by atoms with Crippen LogP contribution in [0.3, 0.4) is 0 Å². The van der Waals surface area contributed by atoms with Crippen molar-refractivity contribution in [3.8, 4) is 0 Å². The SMILES string of the molecule is CCCCCCC(O)CCCCCCCCCCc1ccc(Nc2ccccc2)cc1. The zero-order chi connectivity index (χ0) is 22.0. The number of nitrogens with one attached hydrogen (secondary N) is 1. The lowest BCUT2D eigenvalue weighted by Gasteiger charge is -2.10. The molecule has 2 rings (SSSR count). The van der Waals surface area contributed by atoms with Gasteiger partial charge in [-0.05, 0) is 55.5 Å². The number of unbranched alkanes of at least 4 members (excludes halogenated alkanes) is 10. The van der Waals surface area contributed by atoms with E-state index in [1.165, 1.54) is 89.0 Å². The number of aliphatic hydroxyl groups excluding tert-OH is 1. The summed E-state index contributed by atoms with van der Waals surface area (Å²) in [6, 6.07) is 19.2. The first-order chi connectivity index (χ1) is 15.3. The molecule has 0 spiro atoms. The van der Waals surface area contributed by atoms with Crippen molar-refractivity contribution in [3.05, 3.63) is 60.2 Å². The molecule has 31 heavy (non-hydrogen) atoms. The molecule has 1 atom stereocenters. The lowest BCUT2D eigenvalue weighted by molar-refractivity contribution is 0.147. The summed E-state index contributed by atoms with van der Waals surface area (Å²) in [5.74, 6) is 0. The molecule has 0 aliphatic carbocycles. The number of para-hydroxylation sites is 1. The average Bonchev–Trinajstić information content (AvgIpc) is 2.80. The van der Waals surface area contributed by atoms with Crippen LogP contribution in [0.2, 0.25) is 0 Å². The normalized spacial score (nSPS) is 12.1. The van der Waals surface area contributed by atoms with Gasteiger partial charge in [-0.2, -0.15) is 0 Å². The number of hydrogen-bond acceptors (Lipinski definition) is 2. The highest BCUT2D eigenvalue weighted by Crippen LogP contribution is 2.18. The Balaban J connectivity index is 1.41. The Morgan fingerprint density at radius 1 is 0.613 bits per heavy atom. The van der Waals surface area contributed by atoms with E-state index in [1.54, 1.807) is 0 Å². The summed E-state index contributed by atoms with van der Waals surface area (Å²) in [6.07, 6.45) is 18.7. The molecule has 2 aromatic rings. The average molecular weight is 424 g/mol. The second-order valence-electron chi connectivity index (χ2n) is 9.06. The number of benzene rings is 2. The Kier molecular flexibility index (Phi) is 13.8. The molecule has 1 unspecified atom stereocenters. The molecule has 2 N–H and O–H groups in total. The van der Waals surface area contributed by atoms with Crippen LogP contribution < -0.4 is 5.32 Å². The third-order valence-corrected chi connectivity index (χ3v) is 6.16. The lowest BCUT2D eigenvalue weighted by Crippen LogP contribution is -2.05. The van der Waals surface area contributed by atoms with Gasteiger partial charge in [0.05, 0.1) is 6.10 Å². The molecule has 0 heterocycles. The Morgan fingerprint density at radius 3 is 1.74 bits per heavy atom. The number of aliphatic hydroxyl groups is 1. The molecule has 0 saturated carbocycles. The van der Waals surface area contributed by atoms with Gasteiger partial charge in [0.15, 0.2) is 0 Å². The van der Waals surface area contributed by atoms with E-state index >= 15 is 0 Å². The van der Waals surface area contributed by atoms with Gasteiger partial charge in [-0.15, -0.1) is 0 Å². The van der Waals surface area contributed by atoms with E-state index in [2.05, 4.69) is 60.8 Å². The molecular formula is C29H45NO. The maximum atomic E-state index is 10.0. The Morgan fingerprint density at radius 2 is 1.13 bits per heavy atom. The fourth-order valence-electron chi connectivity index (χ4n) is 4.16. The molecule has 2 nitrogen and oxygen atoms in total. The van der Waals surface area contributed by atoms with Crippen LogP contribution in [0.1, 0.15) is 102 Å². The van der Waals surface area contributed by atoms with Crippen molar-refractivity contribution in [2.45, 2.75) is 109 Å². The second-order valence-corrected chi connectivity index (χ2v) is 9.06. The molecular weight excluding hydrogens is 378 g/mol. The van der Waals surface area contributed by atoms with Crippen LogP contribution >= 0.6 is 0 Å². The maximum absolute atomic E-state index is 10.0. The molecule has 172 valence electrons. The van der Waals surface area contributed by atoms with Gasteiger partial charge >= 0.3 is 0 Å². The number of anilines is 2. The summed E-state index contributed by atoms with van der Waals surface area (Å²) >= 11 is 0. The standard InChI is InChI=1S/C29H45NO/c1-2-3-4-15-20-29(31)21-16-10-8-6-5-7-9-12-17-26-22-24-28(25-23-26)30-27-18-13-11-14-19-27/h11,13-14,18-19,22-25,29-31H,2-10,12,15-17,20-21H2,1H3. The summed E-state index contributed by atoms with van der Waals surface area (Å²) in [7, 11) is 0. The third-order valence-electron chi connectivity index (χ3n) is 6.16. The highest BCUT2D eigenvalue weighted by Gasteiger charge is 2.03. The molecule has 0 aliphatic heterocycles. The first-order valence-electron chi connectivity index (χ1n) is 12.9. The molecule has 0 amide bonds. The Bertz CT molecular complexity index is 652. The smallest absolute Gasteiger partial charge is 0.0540 e. The van der Waals surface area contributed by atoms with Crippen LogP contribution in [-0.2, 0) is 6.42 Å². The third kappa shape index (κ3) is 12.6. The maximum Gasteiger partial charge on any atom is 0.0540 e. The summed E-state index contributed by atoms with van der Waals surface area (Å²) in [4.78, 5) is 0. The van der Waals surface area contributed by atoms with E-state index in [0.717, 1.165) is 24.2 Å². The van der Waals surface area contributed by atoms with Crippen molar-refractivity contribution >= 4 is 11.4 Å². The highest BCUT2D eigenvalue weighted by atomic mass is 16.3. The molecule has 0 radical (unpaired) electrons. The minimum Gasteiger partial charge on any atom is -0.393 e. The first kappa shape index (κ1) is 25.5. The zero-order valence-electron chi connectivity index (χ0n) is 19.8. The number of hydrogen-bond donors (Lipinski definition) is 2. The van der Waals surface area contributed by atoms with Gasteiger partial charge in [-0.3, -0.25) is 0 Å². The van der Waals surface area contributed by atoms with Gasteiger partial charge in [0, 0.05) is 11.4 Å². The Hall–Kier alpha value is -1.80. The summed E-state index contributed by atoms with van der Waals surface area (Å²) < 4.78 is 0. The van der Waals surface area contributed by atoms with Crippen LogP contribution in [0, 0.1) is 0 Å². The molecule has 2 heteroatoms. The predicted molar refractivity (Wildman–Crippen MR) is 136 cm³/mol. The van der Waals surface area contributed by atoms with E-state index in [0.29, 0.717) is 0 Å². The van der Waals surface area contributed by atoms with Crippen LogP contribution in [0.4, 0.5) is 11.4 Å². The van der Waals surface area contributed by atoms with Crippen molar-refractivity contribution in [1.82, 2.24) is 0 Å². The van der Waals surface area contributed by atoms with Crippen molar-refractivity contribution < 1.29 is 5.11 Å². The minimum absolute atomic E-state index is 0.0555. The summed E-state index contributed by atoms with van der Waals surface area (Å²) in [5, 5.41) is 13.5. The number of aryl methyl sites for hydroxylation is 1. The van der Waals surface area contributed by atoms with E-state index in [-0.39, 0.29) is 6.10 Å². The van der Waals surface area contributed by atoms with Gasteiger partial charge in [0.25, 0.3) is 0 Å². The van der Waals surface area contributed by atoms with Gasteiger partial charge in [0.1, 0.15) is 0 Å². The lowest BCUT2D eigenvalue weighted by atomic mass is 10.0. The van der Waals surface area contributed by atoms with E-state index < -0.39 is 0 Å². The van der Waals surface area contributed by atoms with Crippen molar-refractivity contribution in [3.63, 3.8) is 0 Å². The van der Waals surface area contributed by atoms with Crippen LogP contribution in [0.25, 0.3) is 0 Å². The fraction of sp³-hybridized carbons (Fsp3) is 0.586. The van der Waals surface area contributed by atoms with Crippen LogP contribution in [-0.4, -0.2) is 11.2 Å². The Labute approximate surface area is 191 Å². The van der Waals surface area contributed by atoms with E-state index in [1.807, 2.05) is 6.07 Å². The van der Waals surface area contributed by atoms with Crippen LogP contribution in [0.5, 0.6) is 0 Å². The molecule has 0 fully saturated rings. The fourth-order valence-corrected chi connectivity index (χ4v) is 4.16. The summed E-state index contributed by atoms with van der Waals surface area (Å²) in [6.45, 7) is 2.24.